The number of quaternary nitrogens is 1. The highest BCUT2D eigenvalue weighted by Crippen LogP contribution is 1.96. The van der Waals surface area contributed by atoms with Crippen LogP contribution in [-0.4, -0.2) is 148 Å². The largest absolute Gasteiger partial charge is 1.00 e. The molecule has 0 spiro atoms. The van der Waals surface area contributed by atoms with E-state index in [1.165, 1.54) is 13.8 Å². The normalized spacial score (nSPS) is 9.44. The number of hydrogen-bond donors (Lipinski definition) is 0. The quantitative estimate of drug-likeness (QED) is 0.135. The Hall–Kier alpha value is -2.02. The van der Waals surface area contributed by atoms with Crippen LogP contribution in [0.15, 0.2) is 61.2 Å². The number of Topliss-reactive ketones (excluding diaryl/α,β-unsaturated/α-hetero) is 4. The van der Waals surface area contributed by atoms with Crippen LogP contribution in [0.1, 0.15) is 27.7 Å². The number of halogens is 4. The predicted octanol–water partition coefficient (Wildman–Crippen LogP) is -2.40. The maximum atomic E-state index is 10.9. The molecule has 0 saturated carbocycles. The number of nitrogens with zero attached hydrogens (tertiary/aromatic N) is 6. The molecule has 2 rings (SSSR count). The van der Waals surface area contributed by atoms with E-state index in [0.29, 0.717) is 13.1 Å². The highest BCUT2D eigenvalue weighted by Gasteiger charge is 2.16. The summed E-state index contributed by atoms with van der Waals surface area (Å²) in [5, 5.41) is 0. The monoisotopic (exact) mass is 758 g/mol. The Morgan fingerprint density at radius 2 is 0.958 bits per heavy atom. The summed E-state index contributed by atoms with van der Waals surface area (Å²) in [6.45, 7) is 11.6. The van der Waals surface area contributed by atoms with Gasteiger partial charge < -0.3 is 44.0 Å². The lowest BCUT2D eigenvalue weighted by atomic mass is 10.3. The van der Waals surface area contributed by atoms with Crippen molar-refractivity contribution in [2.45, 2.75) is 34.2 Å². The molecule has 48 heavy (non-hydrogen) atoms. The second-order valence-corrected chi connectivity index (χ2v) is 12.4. The van der Waals surface area contributed by atoms with Crippen LogP contribution in [-0.2, 0) is 25.7 Å². The van der Waals surface area contributed by atoms with Gasteiger partial charge in [-0.15, -0.1) is 23.2 Å². The maximum Gasteiger partial charge on any atom is 0.206 e. The third-order valence-electron chi connectivity index (χ3n) is 4.92. The zero-order valence-electron chi connectivity index (χ0n) is 31.3. The molecule has 0 aliphatic heterocycles. The fourth-order valence-electron chi connectivity index (χ4n) is 2.66. The van der Waals surface area contributed by atoms with E-state index < -0.39 is 0 Å². The van der Waals surface area contributed by atoms with Crippen LogP contribution < -0.4 is 29.4 Å². The minimum Gasteiger partial charge on any atom is -1.00 e. The Morgan fingerprint density at radius 1 is 0.604 bits per heavy atom. The maximum absolute atomic E-state index is 10.9. The second-order valence-electron chi connectivity index (χ2n) is 11.9. The number of pyridine rings is 2. The smallest absolute Gasteiger partial charge is 0.206 e. The van der Waals surface area contributed by atoms with Crippen molar-refractivity contribution >= 4 is 46.3 Å². The zero-order chi connectivity index (χ0) is 36.6. The summed E-state index contributed by atoms with van der Waals surface area (Å²) in [5.41, 5.74) is 0. The number of aromatic nitrogens is 2. The van der Waals surface area contributed by atoms with E-state index in [4.69, 9.17) is 23.2 Å². The first kappa shape index (κ1) is 58.2. The van der Waals surface area contributed by atoms with Crippen molar-refractivity contribution in [3.05, 3.63) is 61.2 Å². The van der Waals surface area contributed by atoms with E-state index in [2.05, 4.69) is 62.0 Å². The molecular formula is C34H62Cl4N6O4. The standard InChI is InChI=1S/C9H21N2O.C8H10NO.C6H16N2.C5H5N.2C3H5ClO.2ClH/c1-9(12)8-11(4,5)7-6-10(2)3;1-8(10)7-9-5-3-2-4-6-9;1-7(2)5-6-8(3)4;1-2-4-6-5-3-1;2*1-3(5)2-4;;/h6-8H2,1-5H3;2-6H,7H2,1H3;5-6H2,1-4H3;1-5H;2*2H2,1H3;2*1H/q2*+1;;;;;;/p-2. The van der Waals surface area contributed by atoms with Gasteiger partial charge in [0.1, 0.15) is 18.1 Å². The lowest BCUT2D eigenvalue weighted by Crippen LogP contribution is -3.00. The topological polar surface area (TPSA) is 94.8 Å². The van der Waals surface area contributed by atoms with Gasteiger partial charge in [0.15, 0.2) is 24.0 Å². The van der Waals surface area contributed by atoms with Crippen molar-refractivity contribution in [2.75, 3.05) is 101 Å². The lowest BCUT2D eigenvalue weighted by molar-refractivity contribution is -0.881. The Bertz CT molecular complexity index is 968. The van der Waals surface area contributed by atoms with Gasteiger partial charge in [0.2, 0.25) is 6.54 Å². The highest BCUT2D eigenvalue weighted by atomic mass is 35.5. The molecule has 10 nitrogen and oxygen atoms in total. The summed E-state index contributed by atoms with van der Waals surface area (Å²) in [6.07, 6.45) is 7.25. The lowest BCUT2D eigenvalue weighted by Gasteiger charge is -2.29. The molecule has 0 saturated heterocycles. The molecule has 0 bridgehead atoms. The van der Waals surface area contributed by atoms with Crippen molar-refractivity contribution in [1.29, 1.82) is 0 Å². The summed E-state index contributed by atoms with van der Waals surface area (Å²) < 4.78 is 2.63. The van der Waals surface area contributed by atoms with Gasteiger partial charge in [-0.05, 0) is 68.3 Å². The van der Waals surface area contributed by atoms with Gasteiger partial charge in [0.05, 0.1) is 32.4 Å². The van der Waals surface area contributed by atoms with Crippen LogP contribution in [0.5, 0.6) is 0 Å². The van der Waals surface area contributed by atoms with E-state index in [-0.39, 0.29) is 59.7 Å². The molecule has 14 heteroatoms. The number of carbonyl (C=O) groups excluding carboxylic acids is 4. The Morgan fingerprint density at radius 3 is 1.19 bits per heavy atom. The number of hydrogen-bond acceptors (Lipinski definition) is 8. The second kappa shape index (κ2) is 39.4. The summed E-state index contributed by atoms with van der Waals surface area (Å²) >= 11 is 9.97. The predicted molar refractivity (Wildman–Crippen MR) is 193 cm³/mol. The van der Waals surface area contributed by atoms with E-state index in [1.807, 2.05) is 67.5 Å². The summed E-state index contributed by atoms with van der Waals surface area (Å²) in [5.74, 6) is 0.758. The molecule has 0 N–H and O–H groups in total. The molecule has 0 aromatic carbocycles. The number of rotatable bonds is 12. The van der Waals surface area contributed by atoms with Gasteiger partial charge in [-0.2, -0.15) is 4.57 Å². The fourth-order valence-corrected chi connectivity index (χ4v) is 2.66. The Labute approximate surface area is 314 Å². The van der Waals surface area contributed by atoms with E-state index in [9.17, 15) is 19.2 Å². The minimum absolute atomic E-state index is 0. The van der Waals surface area contributed by atoms with Crippen LogP contribution in [0, 0.1) is 0 Å². The average Bonchev–Trinajstić information content (AvgIpc) is 2.97. The number of likely N-dealkylation sites (N-methyl/N-ethyl adjacent to an activating group) is 4. The van der Waals surface area contributed by atoms with Crippen LogP contribution >= 0.6 is 23.2 Å². The van der Waals surface area contributed by atoms with Crippen molar-refractivity contribution in [2.24, 2.45) is 0 Å². The van der Waals surface area contributed by atoms with Crippen LogP contribution in [0.3, 0.4) is 0 Å². The number of carbonyl (C=O) groups is 4. The first-order valence-electron chi connectivity index (χ1n) is 14.9. The molecule has 2 aromatic heterocycles. The highest BCUT2D eigenvalue weighted by molar-refractivity contribution is 6.27. The van der Waals surface area contributed by atoms with Crippen molar-refractivity contribution in [1.82, 2.24) is 19.7 Å². The van der Waals surface area contributed by atoms with E-state index in [1.54, 1.807) is 26.2 Å². The summed E-state index contributed by atoms with van der Waals surface area (Å²) in [4.78, 5) is 51.1. The molecule has 0 aliphatic rings. The van der Waals surface area contributed by atoms with Crippen molar-refractivity contribution in [3.8, 4) is 0 Å². The fraction of sp³-hybridized carbons (Fsp3) is 0.588. The van der Waals surface area contributed by atoms with E-state index >= 15 is 0 Å². The van der Waals surface area contributed by atoms with Crippen molar-refractivity contribution < 1.29 is 53.0 Å². The Balaban J connectivity index is -0.000000113. The third kappa shape index (κ3) is 62.8. The van der Waals surface area contributed by atoms with Crippen LogP contribution in [0.25, 0.3) is 0 Å². The molecule has 0 fully saturated rings. The minimum atomic E-state index is 0. The molecule has 0 radical (unpaired) electrons. The van der Waals surface area contributed by atoms with Gasteiger partial charge in [-0.1, -0.05) is 12.1 Å². The molecule has 0 unspecified atom stereocenters. The number of alkyl halides is 2. The van der Waals surface area contributed by atoms with E-state index in [0.717, 1.165) is 30.7 Å². The zero-order valence-corrected chi connectivity index (χ0v) is 34.3. The molecule has 0 aliphatic carbocycles. The molecule has 0 atom stereocenters. The first-order chi connectivity index (χ1) is 21.3. The van der Waals surface area contributed by atoms with Crippen molar-refractivity contribution in [3.63, 3.8) is 0 Å². The van der Waals surface area contributed by atoms with Crippen LogP contribution in [0.2, 0.25) is 0 Å². The van der Waals surface area contributed by atoms with Gasteiger partial charge in [-0.25, -0.2) is 0 Å². The molecule has 0 amide bonds. The molecule has 280 valence electrons. The molecule has 2 aromatic rings. The SMILES string of the molecule is CC(=O)CCl.CC(=O)CCl.CC(=O)C[N+](C)(C)CCN(C)C.CC(=O)C[n+]1ccccc1.CN(C)CCN(C)C.[Cl-].[Cl-].c1ccncc1. The molecule has 2 heterocycles. The van der Waals surface area contributed by atoms with Gasteiger partial charge in [0, 0.05) is 58.0 Å². The number of ketones is 4. The summed E-state index contributed by atoms with van der Waals surface area (Å²) in [7, 11) is 16.6. The van der Waals surface area contributed by atoms with Gasteiger partial charge >= 0.3 is 0 Å². The Kier molecular flexibility index (Phi) is 47.8. The average molecular weight is 761 g/mol. The van der Waals surface area contributed by atoms with Gasteiger partial charge in [-0.3, -0.25) is 24.2 Å². The van der Waals surface area contributed by atoms with Crippen LogP contribution in [0.4, 0.5) is 0 Å². The van der Waals surface area contributed by atoms with Gasteiger partial charge in [0.25, 0.3) is 0 Å². The summed E-state index contributed by atoms with van der Waals surface area (Å²) in [6, 6.07) is 11.5. The third-order valence-corrected chi connectivity index (χ3v) is 5.68. The first-order valence-corrected chi connectivity index (χ1v) is 16.0. The molecular weight excluding hydrogens is 698 g/mol.